The molecule has 0 fully saturated rings. The van der Waals surface area contributed by atoms with E-state index in [0.29, 0.717) is 31.1 Å². The number of rotatable bonds is 5. The number of hydrogen-bond acceptors (Lipinski definition) is 4. The van der Waals surface area contributed by atoms with Gasteiger partial charge in [-0.2, -0.15) is 0 Å². The minimum Gasteiger partial charge on any atom is -0.486 e. The van der Waals surface area contributed by atoms with E-state index in [1.807, 2.05) is 37.3 Å². The van der Waals surface area contributed by atoms with Crippen LogP contribution in [0.4, 0.5) is 0 Å². The maximum Gasteiger partial charge on any atom is 0.251 e. The summed E-state index contributed by atoms with van der Waals surface area (Å²) >= 11 is 0. The lowest BCUT2D eigenvalue weighted by molar-refractivity contribution is -0.129. The van der Waals surface area contributed by atoms with E-state index in [1.54, 1.807) is 24.1 Å². The van der Waals surface area contributed by atoms with Gasteiger partial charge in [0.25, 0.3) is 5.91 Å². The van der Waals surface area contributed by atoms with Crippen molar-refractivity contribution in [3.63, 3.8) is 0 Å². The smallest absolute Gasteiger partial charge is 0.251 e. The van der Waals surface area contributed by atoms with Crippen molar-refractivity contribution in [3.05, 3.63) is 59.2 Å². The maximum atomic E-state index is 12.3. The number of benzene rings is 2. The van der Waals surface area contributed by atoms with Gasteiger partial charge in [0, 0.05) is 19.2 Å². The van der Waals surface area contributed by atoms with Gasteiger partial charge >= 0.3 is 0 Å². The molecule has 0 bridgehead atoms. The first-order chi connectivity index (χ1) is 12.5. The molecule has 1 aliphatic rings. The van der Waals surface area contributed by atoms with Gasteiger partial charge in [0.1, 0.15) is 13.2 Å². The van der Waals surface area contributed by atoms with Crippen LogP contribution in [0.2, 0.25) is 0 Å². The Morgan fingerprint density at radius 1 is 1.08 bits per heavy atom. The number of amides is 2. The first-order valence-corrected chi connectivity index (χ1v) is 8.51. The van der Waals surface area contributed by atoms with Crippen LogP contribution in [0.25, 0.3) is 0 Å². The molecule has 2 aromatic carbocycles. The molecule has 6 nitrogen and oxygen atoms in total. The molecule has 1 heterocycles. The lowest BCUT2D eigenvalue weighted by atomic mass is 10.1. The van der Waals surface area contributed by atoms with Crippen LogP contribution in [-0.2, 0) is 11.3 Å². The van der Waals surface area contributed by atoms with E-state index in [-0.39, 0.29) is 18.4 Å². The first-order valence-electron chi connectivity index (χ1n) is 8.51. The Morgan fingerprint density at radius 3 is 2.58 bits per heavy atom. The molecule has 6 heteroatoms. The zero-order valence-electron chi connectivity index (χ0n) is 15.0. The van der Waals surface area contributed by atoms with E-state index in [0.717, 1.165) is 16.9 Å². The van der Waals surface area contributed by atoms with Gasteiger partial charge in [0.05, 0.1) is 6.54 Å². The molecular formula is C20H22N2O4. The van der Waals surface area contributed by atoms with Crippen LogP contribution < -0.4 is 14.8 Å². The Labute approximate surface area is 152 Å². The summed E-state index contributed by atoms with van der Waals surface area (Å²) in [4.78, 5) is 26.1. The summed E-state index contributed by atoms with van der Waals surface area (Å²) in [6, 6.07) is 12.9. The molecule has 26 heavy (non-hydrogen) atoms. The Hall–Kier alpha value is -3.02. The summed E-state index contributed by atoms with van der Waals surface area (Å²) in [6.45, 7) is 3.32. The van der Waals surface area contributed by atoms with Gasteiger partial charge in [-0.05, 0) is 36.2 Å². The topological polar surface area (TPSA) is 67.9 Å². The highest BCUT2D eigenvalue weighted by molar-refractivity contribution is 5.97. The summed E-state index contributed by atoms with van der Waals surface area (Å²) < 4.78 is 11.1. The van der Waals surface area contributed by atoms with Gasteiger partial charge in [0.15, 0.2) is 11.5 Å². The van der Waals surface area contributed by atoms with E-state index in [1.165, 1.54) is 0 Å². The van der Waals surface area contributed by atoms with E-state index in [9.17, 15) is 9.59 Å². The molecule has 0 saturated heterocycles. The molecule has 0 saturated carbocycles. The molecule has 136 valence electrons. The van der Waals surface area contributed by atoms with Crippen LogP contribution in [0.15, 0.2) is 42.5 Å². The predicted molar refractivity (Wildman–Crippen MR) is 97.4 cm³/mol. The molecule has 0 radical (unpaired) electrons. The number of hydrogen-bond donors (Lipinski definition) is 1. The van der Waals surface area contributed by atoms with Crippen LogP contribution in [0, 0.1) is 6.92 Å². The summed E-state index contributed by atoms with van der Waals surface area (Å²) in [6.07, 6.45) is 0. The maximum absolute atomic E-state index is 12.3. The number of likely N-dealkylation sites (N-methyl/N-ethyl adjacent to an activating group) is 1. The van der Waals surface area contributed by atoms with Crippen LogP contribution in [-0.4, -0.2) is 43.5 Å². The summed E-state index contributed by atoms with van der Waals surface area (Å²) in [5, 5.41) is 2.68. The number of carbonyl (C=O) groups is 2. The molecule has 0 atom stereocenters. The van der Waals surface area contributed by atoms with Crippen LogP contribution in [0.3, 0.4) is 0 Å². The van der Waals surface area contributed by atoms with Crippen molar-refractivity contribution in [2.75, 3.05) is 26.8 Å². The molecule has 2 amide bonds. The third-order valence-corrected chi connectivity index (χ3v) is 4.24. The number of nitrogens with zero attached hydrogens (tertiary/aromatic N) is 1. The lowest BCUT2D eigenvalue weighted by Crippen LogP contribution is -2.38. The number of fused-ring (bicyclic) bond motifs is 1. The second-order valence-corrected chi connectivity index (χ2v) is 6.23. The molecule has 1 aliphatic heterocycles. The number of nitrogens with one attached hydrogen (secondary N) is 1. The van der Waals surface area contributed by atoms with Gasteiger partial charge in [-0.15, -0.1) is 0 Å². The predicted octanol–water partition coefficient (Wildman–Crippen LogP) is 2.15. The molecule has 0 spiro atoms. The average molecular weight is 354 g/mol. The lowest BCUT2D eigenvalue weighted by Gasteiger charge is -2.21. The Balaban J connectivity index is 1.55. The number of ether oxygens (including phenoxy) is 2. The zero-order valence-corrected chi connectivity index (χ0v) is 15.0. The highest BCUT2D eigenvalue weighted by Gasteiger charge is 2.15. The third-order valence-electron chi connectivity index (χ3n) is 4.24. The molecule has 1 N–H and O–H groups in total. The Bertz CT molecular complexity index is 819. The number of carbonyl (C=O) groups excluding carboxylic acids is 2. The van der Waals surface area contributed by atoms with Crippen molar-refractivity contribution in [1.82, 2.24) is 10.2 Å². The standard InChI is InChI=1S/C20H22N2O4/c1-14-5-3-4-6-16(14)20(24)21-12-19(23)22(2)13-15-7-8-17-18(11-15)26-10-9-25-17/h3-8,11H,9-10,12-13H2,1-2H3,(H,21,24). The Morgan fingerprint density at radius 2 is 1.81 bits per heavy atom. The van der Waals surface area contributed by atoms with E-state index in [2.05, 4.69) is 5.32 Å². The Kier molecular flexibility index (Phi) is 5.41. The van der Waals surface area contributed by atoms with Crippen LogP contribution >= 0.6 is 0 Å². The van der Waals surface area contributed by atoms with Crippen LogP contribution in [0.5, 0.6) is 11.5 Å². The summed E-state index contributed by atoms with van der Waals surface area (Å²) in [7, 11) is 1.71. The second kappa shape index (κ2) is 7.91. The van der Waals surface area contributed by atoms with Crippen LogP contribution in [0.1, 0.15) is 21.5 Å². The van der Waals surface area contributed by atoms with Crippen molar-refractivity contribution in [2.24, 2.45) is 0 Å². The van der Waals surface area contributed by atoms with Crippen molar-refractivity contribution in [3.8, 4) is 11.5 Å². The summed E-state index contributed by atoms with van der Waals surface area (Å²) in [5.41, 5.74) is 2.40. The SMILES string of the molecule is Cc1ccccc1C(=O)NCC(=O)N(C)Cc1ccc2c(c1)OCCO2. The molecule has 0 aliphatic carbocycles. The zero-order chi connectivity index (χ0) is 18.5. The highest BCUT2D eigenvalue weighted by Crippen LogP contribution is 2.31. The van der Waals surface area contributed by atoms with Crippen molar-refractivity contribution < 1.29 is 19.1 Å². The monoisotopic (exact) mass is 354 g/mol. The molecule has 2 aromatic rings. The normalized spacial score (nSPS) is 12.4. The minimum absolute atomic E-state index is 0.0474. The quantitative estimate of drug-likeness (QED) is 0.893. The molecule has 3 rings (SSSR count). The highest BCUT2D eigenvalue weighted by atomic mass is 16.6. The molecule has 0 aromatic heterocycles. The number of aryl methyl sites for hydroxylation is 1. The molecule has 0 unspecified atom stereocenters. The average Bonchev–Trinajstić information content (AvgIpc) is 2.66. The van der Waals surface area contributed by atoms with Gasteiger partial charge in [-0.25, -0.2) is 0 Å². The van der Waals surface area contributed by atoms with E-state index >= 15 is 0 Å². The first kappa shape index (κ1) is 17.8. The van der Waals surface area contributed by atoms with Crippen molar-refractivity contribution >= 4 is 11.8 Å². The second-order valence-electron chi connectivity index (χ2n) is 6.23. The fraction of sp³-hybridized carbons (Fsp3) is 0.300. The molecular weight excluding hydrogens is 332 g/mol. The fourth-order valence-corrected chi connectivity index (χ4v) is 2.76. The van der Waals surface area contributed by atoms with Gasteiger partial charge in [-0.3, -0.25) is 9.59 Å². The van der Waals surface area contributed by atoms with Crippen molar-refractivity contribution in [2.45, 2.75) is 13.5 Å². The van der Waals surface area contributed by atoms with Gasteiger partial charge in [-0.1, -0.05) is 24.3 Å². The van der Waals surface area contributed by atoms with E-state index < -0.39 is 0 Å². The third kappa shape index (κ3) is 4.14. The fourth-order valence-electron chi connectivity index (χ4n) is 2.76. The van der Waals surface area contributed by atoms with Crippen molar-refractivity contribution in [1.29, 1.82) is 0 Å². The van der Waals surface area contributed by atoms with Gasteiger partial charge < -0.3 is 19.7 Å². The van der Waals surface area contributed by atoms with Gasteiger partial charge in [0.2, 0.25) is 5.91 Å². The summed E-state index contributed by atoms with van der Waals surface area (Å²) in [5.74, 6) is 1.01. The van der Waals surface area contributed by atoms with E-state index in [4.69, 9.17) is 9.47 Å². The minimum atomic E-state index is -0.246. The largest absolute Gasteiger partial charge is 0.486 e.